The lowest BCUT2D eigenvalue weighted by molar-refractivity contribution is -0.384. The van der Waals surface area contributed by atoms with Gasteiger partial charge in [-0.25, -0.2) is 0 Å². The van der Waals surface area contributed by atoms with Crippen molar-refractivity contribution in [1.29, 1.82) is 0 Å². The number of aliphatic hydroxyl groups excluding tert-OH is 1. The van der Waals surface area contributed by atoms with Gasteiger partial charge in [-0.05, 0) is 24.1 Å². The molecule has 5 nitrogen and oxygen atoms in total. The fraction of sp³-hybridized carbons (Fsp3) is 0.250. The van der Waals surface area contributed by atoms with Crippen molar-refractivity contribution in [3.05, 3.63) is 70.3 Å². The van der Waals surface area contributed by atoms with Gasteiger partial charge < -0.3 is 10.0 Å². The molecular formula is C16H18N2O3. The third-order valence-electron chi connectivity index (χ3n) is 3.20. The summed E-state index contributed by atoms with van der Waals surface area (Å²) in [5, 5.41) is 19.9. The van der Waals surface area contributed by atoms with Crippen LogP contribution in [0.1, 0.15) is 12.0 Å². The molecule has 0 aliphatic carbocycles. The fourth-order valence-corrected chi connectivity index (χ4v) is 2.19. The maximum Gasteiger partial charge on any atom is 0.269 e. The second-order valence-electron chi connectivity index (χ2n) is 4.76. The van der Waals surface area contributed by atoms with E-state index < -0.39 is 0 Å². The van der Waals surface area contributed by atoms with Crippen molar-refractivity contribution in [3.63, 3.8) is 0 Å². The van der Waals surface area contributed by atoms with E-state index in [1.165, 1.54) is 6.07 Å². The quantitative estimate of drug-likeness (QED) is 0.627. The van der Waals surface area contributed by atoms with E-state index >= 15 is 0 Å². The fourth-order valence-electron chi connectivity index (χ4n) is 2.19. The molecule has 0 aromatic heterocycles. The minimum absolute atomic E-state index is 0.0997. The molecule has 2 rings (SSSR count). The van der Waals surface area contributed by atoms with Gasteiger partial charge in [0.1, 0.15) is 0 Å². The largest absolute Gasteiger partial charge is 0.396 e. The summed E-state index contributed by atoms with van der Waals surface area (Å²) < 4.78 is 0. The van der Waals surface area contributed by atoms with E-state index in [4.69, 9.17) is 5.11 Å². The predicted octanol–water partition coefficient (Wildman–Crippen LogP) is 2.98. The first-order valence-corrected chi connectivity index (χ1v) is 6.85. The molecule has 0 fully saturated rings. The van der Waals surface area contributed by atoms with E-state index in [0.717, 1.165) is 11.3 Å². The van der Waals surface area contributed by atoms with Crippen molar-refractivity contribution in [2.75, 3.05) is 18.1 Å². The molecule has 0 saturated carbocycles. The summed E-state index contributed by atoms with van der Waals surface area (Å²) in [7, 11) is 0. The number of hydrogen-bond donors (Lipinski definition) is 1. The monoisotopic (exact) mass is 286 g/mol. The molecule has 0 atom stereocenters. The molecule has 21 heavy (non-hydrogen) atoms. The molecule has 0 aliphatic heterocycles. The first-order valence-electron chi connectivity index (χ1n) is 6.85. The minimum atomic E-state index is -0.385. The summed E-state index contributed by atoms with van der Waals surface area (Å²) >= 11 is 0. The van der Waals surface area contributed by atoms with E-state index in [1.54, 1.807) is 12.1 Å². The number of benzene rings is 2. The standard InChI is InChI=1S/C16H18N2O3/c19-11-5-10-17(15-7-2-1-3-8-15)13-14-6-4-9-16(12-14)18(20)21/h1-4,6-9,12,19H,5,10-11,13H2. The minimum Gasteiger partial charge on any atom is -0.396 e. The van der Waals surface area contributed by atoms with E-state index in [2.05, 4.69) is 4.90 Å². The molecule has 2 aromatic carbocycles. The Morgan fingerprint density at radius 3 is 2.52 bits per heavy atom. The number of nitrogens with zero attached hydrogens (tertiary/aromatic N) is 2. The van der Waals surface area contributed by atoms with Gasteiger partial charge in [-0.1, -0.05) is 30.3 Å². The average Bonchev–Trinajstić information content (AvgIpc) is 2.52. The Morgan fingerprint density at radius 1 is 1.10 bits per heavy atom. The molecule has 0 heterocycles. The second-order valence-corrected chi connectivity index (χ2v) is 4.76. The summed E-state index contributed by atoms with van der Waals surface area (Å²) in [6.45, 7) is 1.40. The predicted molar refractivity (Wildman–Crippen MR) is 82.3 cm³/mol. The van der Waals surface area contributed by atoms with Gasteiger partial charge in [0.2, 0.25) is 0 Å². The number of para-hydroxylation sites is 1. The maximum atomic E-state index is 10.8. The Kier molecular flexibility index (Phi) is 5.29. The molecule has 0 saturated heterocycles. The Bertz CT molecular complexity index is 587. The first kappa shape index (κ1) is 15.0. The van der Waals surface area contributed by atoms with Crippen LogP contribution in [0.5, 0.6) is 0 Å². The van der Waals surface area contributed by atoms with Crippen molar-refractivity contribution in [1.82, 2.24) is 0 Å². The molecule has 0 bridgehead atoms. The van der Waals surface area contributed by atoms with Crippen LogP contribution in [0.25, 0.3) is 0 Å². The Hall–Kier alpha value is -2.40. The molecule has 0 aliphatic rings. The van der Waals surface area contributed by atoms with Crippen LogP contribution < -0.4 is 4.90 Å². The van der Waals surface area contributed by atoms with Crippen LogP contribution >= 0.6 is 0 Å². The number of aliphatic hydroxyl groups is 1. The SMILES string of the molecule is O=[N+]([O-])c1cccc(CN(CCCO)c2ccccc2)c1. The summed E-state index contributed by atoms with van der Waals surface area (Å²) in [6.07, 6.45) is 0.657. The smallest absolute Gasteiger partial charge is 0.269 e. The van der Waals surface area contributed by atoms with Crippen LogP contribution in [-0.4, -0.2) is 23.2 Å². The lowest BCUT2D eigenvalue weighted by Gasteiger charge is -2.24. The highest BCUT2D eigenvalue weighted by molar-refractivity contribution is 5.47. The van der Waals surface area contributed by atoms with Crippen LogP contribution in [0.15, 0.2) is 54.6 Å². The van der Waals surface area contributed by atoms with Crippen molar-refractivity contribution in [2.24, 2.45) is 0 Å². The van der Waals surface area contributed by atoms with Crippen molar-refractivity contribution >= 4 is 11.4 Å². The average molecular weight is 286 g/mol. The van der Waals surface area contributed by atoms with E-state index in [0.29, 0.717) is 19.5 Å². The van der Waals surface area contributed by atoms with Crippen LogP contribution in [0.2, 0.25) is 0 Å². The Morgan fingerprint density at radius 2 is 1.86 bits per heavy atom. The van der Waals surface area contributed by atoms with E-state index in [-0.39, 0.29) is 17.2 Å². The second kappa shape index (κ2) is 7.40. The molecular weight excluding hydrogens is 268 g/mol. The number of non-ortho nitro benzene ring substituents is 1. The zero-order valence-corrected chi connectivity index (χ0v) is 11.7. The Labute approximate surface area is 123 Å². The summed E-state index contributed by atoms with van der Waals surface area (Å²) in [6, 6.07) is 16.5. The van der Waals surface area contributed by atoms with Gasteiger partial charge in [0, 0.05) is 37.5 Å². The number of nitro groups is 1. The summed E-state index contributed by atoms with van der Waals surface area (Å²) in [5.74, 6) is 0. The van der Waals surface area contributed by atoms with Crippen molar-refractivity contribution < 1.29 is 10.0 Å². The zero-order chi connectivity index (χ0) is 15.1. The van der Waals surface area contributed by atoms with Crippen LogP contribution in [0, 0.1) is 10.1 Å². The number of anilines is 1. The Balaban J connectivity index is 2.18. The summed E-state index contributed by atoms with van der Waals surface area (Å²) in [4.78, 5) is 12.6. The number of hydrogen-bond acceptors (Lipinski definition) is 4. The molecule has 0 unspecified atom stereocenters. The summed E-state index contributed by atoms with van der Waals surface area (Å²) in [5.41, 5.74) is 2.02. The zero-order valence-electron chi connectivity index (χ0n) is 11.7. The van der Waals surface area contributed by atoms with E-state index in [9.17, 15) is 10.1 Å². The van der Waals surface area contributed by atoms with Crippen molar-refractivity contribution in [2.45, 2.75) is 13.0 Å². The van der Waals surface area contributed by atoms with Crippen LogP contribution in [-0.2, 0) is 6.54 Å². The van der Waals surface area contributed by atoms with Crippen molar-refractivity contribution in [3.8, 4) is 0 Å². The lowest BCUT2D eigenvalue weighted by Crippen LogP contribution is -2.24. The van der Waals surface area contributed by atoms with Gasteiger partial charge in [0.25, 0.3) is 5.69 Å². The van der Waals surface area contributed by atoms with Crippen LogP contribution in [0.4, 0.5) is 11.4 Å². The normalized spacial score (nSPS) is 10.3. The number of nitro benzene ring substituents is 1. The first-order chi connectivity index (χ1) is 10.2. The third kappa shape index (κ3) is 4.29. The van der Waals surface area contributed by atoms with Gasteiger partial charge in [0.05, 0.1) is 4.92 Å². The molecule has 110 valence electrons. The lowest BCUT2D eigenvalue weighted by atomic mass is 10.1. The van der Waals surface area contributed by atoms with Gasteiger partial charge in [-0.15, -0.1) is 0 Å². The topological polar surface area (TPSA) is 66.6 Å². The molecule has 1 N–H and O–H groups in total. The van der Waals surface area contributed by atoms with E-state index in [1.807, 2.05) is 36.4 Å². The van der Waals surface area contributed by atoms with Gasteiger partial charge >= 0.3 is 0 Å². The molecule has 0 spiro atoms. The molecule has 5 heteroatoms. The number of rotatable bonds is 7. The highest BCUT2D eigenvalue weighted by atomic mass is 16.6. The molecule has 0 amide bonds. The van der Waals surface area contributed by atoms with Gasteiger partial charge in [0.15, 0.2) is 0 Å². The van der Waals surface area contributed by atoms with Gasteiger partial charge in [-0.2, -0.15) is 0 Å². The maximum absolute atomic E-state index is 10.8. The highest BCUT2D eigenvalue weighted by Crippen LogP contribution is 2.19. The molecule has 2 aromatic rings. The molecule has 0 radical (unpaired) electrons. The van der Waals surface area contributed by atoms with Gasteiger partial charge in [-0.3, -0.25) is 10.1 Å². The highest BCUT2D eigenvalue weighted by Gasteiger charge is 2.10. The third-order valence-corrected chi connectivity index (χ3v) is 3.20. The van der Waals surface area contributed by atoms with Crippen LogP contribution in [0.3, 0.4) is 0 Å².